The first-order valence-electron chi connectivity index (χ1n) is 5.63. The van der Waals surface area contributed by atoms with Gasteiger partial charge in [-0.2, -0.15) is 0 Å². The van der Waals surface area contributed by atoms with Gasteiger partial charge in [0.15, 0.2) is 5.12 Å². The molecule has 0 spiro atoms. The minimum Gasteiger partial charge on any atom is -0.423 e. The first kappa shape index (κ1) is 14.5. The number of esters is 1. The van der Waals surface area contributed by atoms with E-state index in [0.29, 0.717) is 11.3 Å². The lowest BCUT2D eigenvalue weighted by Gasteiger charge is -2.09. The zero-order valence-corrected chi connectivity index (χ0v) is 11.6. The Morgan fingerprint density at radius 3 is 2.50 bits per heavy atom. The van der Waals surface area contributed by atoms with Crippen LogP contribution in [0, 0.1) is 0 Å². The molecule has 3 nitrogen and oxygen atoms in total. The van der Waals surface area contributed by atoms with Gasteiger partial charge in [-0.3, -0.25) is 4.79 Å². The van der Waals surface area contributed by atoms with Crippen molar-refractivity contribution < 1.29 is 14.3 Å². The maximum atomic E-state index is 11.4. The van der Waals surface area contributed by atoms with Gasteiger partial charge in [0.05, 0.1) is 0 Å². The van der Waals surface area contributed by atoms with Crippen LogP contribution in [0.25, 0.3) is 0 Å². The van der Waals surface area contributed by atoms with E-state index in [1.807, 2.05) is 6.92 Å². The van der Waals surface area contributed by atoms with E-state index in [9.17, 15) is 9.59 Å². The molecule has 0 aliphatic carbocycles. The summed E-state index contributed by atoms with van der Waals surface area (Å²) < 4.78 is 5.15. The maximum Gasteiger partial charge on any atom is 0.338 e. The van der Waals surface area contributed by atoms with E-state index in [1.165, 1.54) is 18.7 Å². The summed E-state index contributed by atoms with van der Waals surface area (Å²) in [6, 6.07) is 5.27. The first-order chi connectivity index (χ1) is 8.43. The normalized spacial score (nSPS) is 9.94. The number of benzene rings is 1. The maximum absolute atomic E-state index is 11.4. The number of ether oxygens (including phenoxy) is 1. The third-order valence-electron chi connectivity index (χ3n) is 2.23. The molecule has 0 aliphatic rings. The van der Waals surface area contributed by atoms with Crippen molar-refractivity contribution in [2.24, 2.45) is 0 Å². The van der Waals surface area contributed by atoms with Gasteiger partial charge >= 0.3 is 5.97 Å². The fourth-order valence-electron chi connectivity index (χ4n) is 1.34. The molecule has 1 aromatic rings. The number of carbonyl (C=O) groups excluding carboxylic acids is 2. The van der Waals surface area contributed by atoms with Crippen LogP contribution in [0.3, 0.4) is 0 Å². The molecule has 96 valence electrons. The monoisotopic (exact) mass is 264 g/mol. The van der Waals surface area contributed by atoms with Crippen molar-refractivity contribution in [3.8, 4) is 5.75 Å². The molecule has 0 unspecified atom stereocenters. The Labute approximate surface area is 111 Å². The number of thioether (sulfide) groups is 1. The largest absolute Gasteiger partial charge is 0.423 e. The van der Waals surface area contributed by atoms with Crippen LogP contribution in [0.15, 0.2) is 35.2 Å². The van der Waals surface area contributed by atoms with E-state index in [2.05, 4.69) is 6.58 Å². The molecule has 4 heteroatoms. The predicted octanol–water partition coefficient (Wildman–Crippen LogP) is 3.37. The number of carbonyl (C=O) groups is 2. The van der Waals surface area contributed by atoms with E-state index in [1.54, 1.807) is 25.1 Å². The van der Waals surface area contributed by atoms with Crippen molar-refractivity contribution in [3.05, 3.63) is 35.9 Å². The molecule has 0 aliphatic heterocycles. The highest BCUT2D eigenvalue weighted by Gasteiger charge is 2.09. The highest BCUT2D eigenvalue weighted by molar-refractivity contribution is 8.13. The topological polar surface area (TPSA) is 43.4 Å². The molecule has 0 heterocycles. The van der Waals surface area contributed by atoms with Gasteiger partial charge in [-0.1, -0.05) is 25.3 Å². The number of hydrogen-bond donors (Lipinski definition) is 0. The molecule has 1 aromatic carbocycles. The Balaban J connectivity index is 2.94. The van der Waals surface area contributed by atoms with Gasteiger partial charge in [0.25, 0.3) is 0 Å². The third-order valence-corrected chi connectivity index (χ3v) is 3.13. The fraction of sp³-hybridized carbons (Fsp3) is 0.286. The van der Waals surface area contributed by atoms with Gasteiger partial charge in [-0.15, -0.1) is 0 Å². The summed E-state index contributed by atoms with van der Waals surface area (Å²) in [5, 5.41) is 0.0383. The summed E-state index contributed by atoms with van der Waals surface area (Å²) in [6.07, 6.45) is 0.772. The van der Waals surface area contributed by atoms with Gasteiger partial charge in [0.1, 0.15) is 5.75 Å². The molecule has 0 aromatic heterocycles. The molecule has 18 heavy (non-hydrogen) atoms. The van der Waals surface area contributed by atoms with E-state index in [0.717, 1.165) is 16.9 Å². The molecule has 0 saturated heterocycles. The molecule has 0 saturated carbocycles. The Morgan fingerprint density at radius 1 is 1.33 bits per heavy atom. The minimum atomic E-state index is -0.441. The number of aryl methyl sites for hydroxylation is 1. The number of rotatable bonds is 4. The summed E-state index contributed by atoms with van der Waals surface area (Å²) in [5.74, 6) is 0.0387. The summed E-state index contributed by atoms with van der Waals surface area (Å²) in [7, 11) is 0. The molecule has 1 rings (SSSR count). The van der Waals surface area contributed by atoms with E-state index >= 15 is 0 Å². The van der Waals surface area contributed by atoms with Crippen LogP contribution in [-0.2, 0) is 16.0 Å². The average Bonchev–Trinajstić information content (AvgIpc) is 2.30. The zero-order chi connectivity index (χ0) is 13.7. The van der Waals surface area contributed by atoms with Crippen LogP contribution in [0.1, 0.15) is 26.3 Å². The van der Waals surface area contributed by atoms with Crippen molar-refractivity contribution >= 4 is 22.8 Å². The second kappa shape index (κ2) is 6.40. The molecule has 0 N–H and O–H groups in total. The van der Waals surface area contributed by atoms with Crippen molar-refractivity contribution in [2.45, 2.75) is 32.1 Å². The van der Waals surface area contributed by atoms with Crippen molar-refractivity contribution in [1.82, 2.24) is 0 Å². The zero-order valence-electron chi connectivity index (χ0n) is 10.8. The van der Waals surface area contributed by atoms with Crippen molar-refractivity contribution in [3.63, 3.8) is 0 Å². The smallest absolute Gasteiger partial charge is 0.338 e. The van der Waals surface area contributed by atoms with Gasteiger partial charge < -0.3 is 4.74 Å². The molecular weight excluding hydrogens is 248 g/mol. The van der Waals surface area contributed by atoms with E-state index in [4.69, 9.17) is 4.74 Å². The van der Waals surface area contributed by atoms with Crippen molar-refractivity contribution in [2.75, 3.05) is 0 Å². The van der Waals surface area contributed by atoms with Crippen LogP contribution < -0.4 is 4.74 Å². The van der Waals surface area contributed by atoms with Crippen LogP contribution in [-0.4, -0.2) is 11.1 Å². The number of hydrogen-bond acceptors (Lipinski definition) is 4. The predicted molar refractivity (Wildman–Crippen MR) is 72.8 cm³/mol. The quantitative estimate of drug-likeness (QED) is 0.362. The highest BCUT2D eigenvalue weighted by Crippen LogP contribution is 2.27. The lowest BCUT2D eigenvalue weighted by atomic mass is 10.1. The molecule has 0 radical (unpaired) electrons. The highest BCUT2D eigenvalue weighted by atomic mass is 32.2. The van der Waals surface area contributed by atoms with Gasteiger partial charge in [-0.25, -0.2) is 4.79 Å². The SMILES string of the molecule is C=C(C)C(=O)Oc1ccc(SC(C)=O)c(CC)c1. The Hall–Kier alpha value is -1.55. The third kappa shape index (κ3) is 4.04. The lowest BCUT2D eigenvalue weighted by molar-refractivity contribution is -0.130. The first-order valence-corrected chi connectivity index (χ1v) is 6.44. The standard InChI is InChI=1S/C14H16O3S/c1-5-11-8-12(17-14(16)9(2)3)6-7-13(11)18-10(4)15/h6-8H,2,5H2,1,3-4H3. The Morgan fingerprint density at radius 2 is 2.00 bits per heavy atom. The van der Waals surface area contributed by atoms with Crippen LogP contribution in [0.4, 0.5) is 0 Å². The lowest BCUT2D eigenvalue weighted by Crippen LogP contribution is -2.08. The fourth-order valence-corrected chi connectivity index (χ4v) is 2.12. The molecular formula is C14H16O3S. The van der Waals surface area contributed by atoms with Crippen LogP contribution >= 0.6 is 11.8 Å². The minimum absolute atomic E-state index is 0.0383. The second-order valence-corrected chi connectivity index (χ2v) is 5.11. The average molecular weight is 264 g/mol. The van der Waals surface area contributed by atoms with Gasteiger partial charge in [0, 0.05) is 17.4 Å². The summed E-state index contributed by atoms with van der Waals surface area (Å²) in [6.45, 7) is 8.64. The molecule has 0 amide bonds. The van der Waals surface area contributed by atoms with E-state index in [-0.39, 0.29) is 5.12 Å². The second-order valence-electron chi connectivity index (χ2n) is 3.89. The van der Waals surface area contributed by atoms with Crippen LogP contribution in [0.2, 0.25) is 0 Å². The Kier molecular flexibility index (Phi) is 5.16. The summed E-state index contributed by atoms with van der Waals surface area (Å²) in [4.78, 5) is 23.4. The van der Waals surface area contributed by atoms with Crippen LogP contribution in [0.5, 0.6) is 5.75 Å². The summed E-state index contributed by atoms with van der Waals surface area (Å²) >= 11 is 1.19. The van der Waals surface area contributed by atoms with Gasteiger partial charge in [0.2, 0.25) is 0 Å². The van der Waals surface area contributed by atoms with E-state index < -0.39 is 5.97 Å². The van der Waals surface area contributed by atoms with Crippen molar-refractivity contribution in [1.29, 1.82) is 0 Å². The molecule has 0 bridgehead atoms. The molecule has 0 fully saturated rings. The molecule has 0 atom stereocenters. The Bertz CT molecular complexity index is 492. The summed E-state index contributed by atoms with van der Waals surface area (Å²) in [5.41, 5.74) is 1.34. The van der Waals surface area contributed by atoms with Gasteiger partial charge in [-0.05, 0) is 37.1 Å².